The molecule has 98 valence electrons. The van der Waals surface area contributed by atoms with Crippen LogP contribution in [-0.2, 0) is 4.74 Å². The summed E-state index contributed by atoms with van der Waals surface area (Å²) >= 11 is 5.36. The van der Waals surface area contributed by atoms with Gasteiger partial charge >= 0.3 is 0 Å². The molecule has 2 aliphatic rings. The van der Waals surface area contributed by atoms with Crippen molar-refractivity contribution in [3.8, 4) is 0 Å². The van der Waals surface area contributed by atoms with Crippen LogP contribution in [0.2, 0.25) is 0 Å². The Kier molecular flexibility index (Phi) is 5.48. The molecule has 2 fully saturated rings. The molecule has 4 nitrogen and oxygen atoms in total. The third-order valence-electron chi connectivity index (χ3n) is 3.42. The molecule has 2 saturated heterocycles. The zero-order valence-corrected chi connectivity index (χ0v) is 11.3. The molecule has 0 spiro atoms. The Morgan fingerprint density at radius 2 is 1.82 bits per heavy atom. The number of nitrogens with one attached hydrogen (secondary N) is 1. The second kappa shape index (κ2) is 7.13. The van der Waals surface area contributed by atoms with Crippen LogP contribution in [0.25, 0.3) is 0 Å². The fourth-order valence-electron chi connectivity index (χ4n) is 2.35. The maximum atomic E-state index is 5.36. The number of ether oxygens (including phenoxy) is 1. The first-order valence-electron chi connectivity index (χ1n) is 6.69. The van der Waals surface area contributed by atoms with Crippen LogP contribution in [0.4, 0.5) is 0 Å². The number of rotatable bonds is 4. The van der Waals surface area contributed by atoms with Gasteiger partial charge in [-0.2, -0.15) is 0 Å². The molecule has 0 saturated carbocycles. The SMILES string of the molecule is S=C(NCCCN1CCOCC1)N1CCCC1. The Balaban J connectivity index is 1.51. The fourth-order valence-corrected chi connectivity index (χ4v) is 2.64. The van der Waals surface area contributed by atoms with Gasteiger partial charge in [0.15, 0.2) is 5.11 Å². The molecule has 0 radical (unpaired) electrons. The maximum Gasteiger partial charge on any atom is 0.168 e. The fraction of sp³-hybridized carbons (Fsp3) is 0.917. The van der Waals surface area contributed by atoms with Crippen LogP contribution in [0.15, 0.2) is 0 Å². The predicted molar refractivity (Wildman–Crippen MR) is 73.3 cm³/mol. The van der Waals surface area contributed by atoms with Gasteiger partial charge in [-0.1, -0.05) is 0 Å². The highest BCUT2D eigenvalue weighted by atomic mass is 32.1. The van der Waals surface area contributed by atoms with Gasteiger partial charge in [0.2, 0.25) is 0 Å². The molecule has 0 bridgehead atoms. The summed E-state index contributed by atoms with van der Waals surface area (Å²) in [5.41, 5.74) is 0. The van der Waals surface area contributed by atoms with E-state index in [1.54, 1.807) is 0 Å². The molecular weight excluding hydrogens is 234 g/mol. The van der Waals surface area contributed by atoms with Crippen LogP contribution >= 0.6 is 12.2 Å². The molecule has 0 aromatic heterocycles. The van der Waals surface area contributed by atoms with E-state index in [-0.39, 0.29) is 0 Å². The van der Waals surface area contributed by atoms with E-state index in [1.165, 1.54) is 12.8 Å². The third kappa shape index (κ3) is 4.41. The van der Waals surface area contributed by atoms with Crippen molar-refractivity contribution in [1.82, 2.24) is 15.1 Å². The number of hydrogen-bond acceptors (Lipinski definition) is 3. The molecule has 2 rings (SSSR count). The summed E-state index contributed by atoms with van der Waals surface area (Å²) in [5, 5.41) is 4.31. The Labute approximate surface area is 109 Å². The van der Waals surface area contributed by atoms with Crippen molar-refractivity contribution in [2.75, 3.05) is 52.5 Å². The van der Waals surface area contributed by atoms with Gasteiger partial charge in [-0.15, -0.1) is 0 Å². The number of nitrogens with zero attached hydrogens (tertiary/aromatic N) is 2. The summed E-state index contributed by atoms with van der Waals surface area (Å²) in [7, 11) is 0. The third-order valence-corrected chi connectivity index (χ3v) is 3.83. The maximum absolute atomic E-state index is 5.36. The second-order valence-corrected chi connectivity index (χ2v) is 5.12. The lowest BCUT2D eigenvalue weighted by molar-refractivity contribution is 0.0376. The van der Waals surface area contributed by atoms with Crippen LogP contribution in [0, 0.1) is 0 Å². The first-order valence-corrected chi connectivity index (χ1v) is 7.10. The number of morpholine rings is 1. The lowest BCUT2D eigenvalue weighted by atomic mass is 10.3. The van der Waals surface area contributed by atoms with Crippen molar-refractivity contribution >= 4 is 17.3 Å². The van der Waals surface area contributed by atoms with Gasteiger partial charge in [0.05, 0.1) is 13.2 Å². The van der Waals surface area contributed by atoms with Gasteiger partial charge in [0.25, 0.3) is 0 Å². The summed E-state index contributed by atoms with van der Waals surface area (Å²) in [6.07, 6.45) is 3.74. The van der Waals surface area contributed by atoms with E-state index >= 15 is 0 Å². The van der Waals surface area contributed by atoms with Gasteiger partial charge in [-0.05, 0) is 38.0 Å². The molecule has 2 aliphatic heterocycles. The monoisotopic (exact) mass is 257 g/mol. The lowest BCUT2D eigenvalue weighted by Crippen LogP contribution is -2.40. The summed E-state index contributed by atoms with van der Waals surface area (Å²) < 4.78 is 5.33. The minimum Gasteiger partial charge on any atom is -0.379 e. The van der Waals surface area contributed by atoms with Crippen molar-refractivity contribution < 1.29 is 4.74 Å². The summed E-state index contributed by atoms with van der Waals surface area (Å²) in [4.78, 5) is 4.74. The molecule has 0 amide bonds. The average molecular weight is 257 g/mol. The van der Waals surface area contributed by atoms with Gasteiger partial charge in [-0.25, -0.2) is 0 Å². The van der Waals surface area contributed by atoms with Crippen molar-refractivity contribution in [2.45, 2.75) is 19.3 Å². The van der Waals surface area contributed by atoms with E-state index in [2.05, 4.69) is 15.1 Å². The van der Waals surface area contributed by atoms with Crippen molar-refractivity contribution in [1.29, 1.82) is 0 Å². The zero-order chi connectivity index (χ0) is 11.9. The molecule has 5 heteroatoms. The molecule has 0 atom stereocenters. The van der Waals surface area contributed by atoms with Crippen molar-refractivity contribution in [2.24, 2.45) is 0 Å². The van der Waals surface area contributed by atoms with E-state index in [0.717, 1.165) is 64.0 Å². The molecule has 0 aromatic rings. The molecule has 0 aliphatic carbocycles. The molecular formula is C12H23N3OS. The summed E-state index contributed by atoms with van der Waals surface area (Å²) in [6, 6.07) is 0. The largest absolute Gasteiger partial charge is 0.379 e. The minimum absolute atomic E-state index is 0.889. The van der Waals surface area contributed by atoms with E-state index in [9.17, 15) is 0 Å². The molecule has 1 N–H and O–H groups in total. The van der Waals surface area contributed by atoms with Crippen molar-refractivity contribution in [3.63, 3.8) is 0 Å². The average Bonchev–Trinajstić information content (AvgIpc) is 2.89. The van der Waals surface area contributed by atoms with Crippen LogP contribution in [0.1, 0.15) is 19.3 Å². The van der Waals surface area contributed by atoms with Crippen molar-refractivity contribution in [3.05, 3.63) is 0 Å². The highest BCUT2D eigenvalue weighted by molar-refractivity contribution is 7.80. The first kappa shape index (κ1) is 13.1. The number of thiocarbonyl (C=S) groups is 1. The Bertz CT molecular complexity index is 238. The summed E-state index contributed by atoms with van der Waals surface area (Å²) in [6.45, 7) is 8.35. The zero-order valence-electron chi connectivity index (χ0n) is 10.5. The van der Waals surface area contributed by atoms with Crippen LogP contribution in [-0.4, -0.2) is 67.4 Å². The van der Waals surface area contributed by atoms with Crippen LogP contribution in [0.5, 0.6) is 0 Å². The predicted octanol–water partition coefficient (Wildman–Crippen LogP) is 0.679. The van der Waals surface area contributed by atoms with Gasteiger partial charge in [0, 0.05) is 32.7 Å². The van der Waals surface area contributed by atoms with E-state index in [1.807, 2.05) is 0 Å². The normalized spacial score (nSPS) is 21.8. The number of hydrogen-bond donors (Lipinski definition) is 1. The van der Waals surface area contributed by atoms with E-state index in [0.29, 0.717) is 0 Å². The second-order valence-electron chi connectivity index (χ2n) is 4.73. The summed E-state index contributed by atoms with van der Waals surface area (Å²) in [5.74, 6) is 0. The first-order chi connectivity index (χ1) is 8.36. The van der Waals surface area contributed by atoms with Crippen LogP contribution < -0.4 is 5.32 Å². The van der Waals surface area contributed by atoms with Gasteiger partial charge in [0.1, 0.15) is 0 Å². The smallest absolute Gasteiger partial charge is 0.168 e. The van der Waals surface area contributed by atoms with Gasteiger partial charge < -0.3 is 15.0 Å². The highest BCUT2D eigenvalue weighted by Gasteiger charge is 2.14. The van der Waals surface area contributed by atoms with Crippen LogP contribution in [0.3, 0.4) is 0 Å². The van der Waals surface area contributed by atoms with Gasteiger partial charge in [-0.3, -0.25) is 4.90 Å². The Morgan fingerprint density at radius 3 is 2.53 bits per heavy atom. The molecule has 0 unspecified atom stereocenters. The van der Waals surface area contributed by atoms with E-state index in [4.69, 9.17) is 17.0 Å². The van der Waals surface area contributed by atoms with E-state index < -0.39 is 0 Å². The Morgan fingerprint density at radius 1 is 1.12 bits per heavy atom. The molecule has 17 heavy (non-hydrogen) atoms. The number of likely N-dealkylation sites (tertiary alicyclic amines) is 1. The minimum atomic E-state index is 0.889. The molecule has 2 heterocycles. The standard InChI is InChI=1S/C12H23N3OS/c17-12(15-6-1-2-7-15)13-4-3-5-14-8-10-16-11-9-14/h1-11H2,(H,13,17). The lowest BCUT2D eigenvalue weighted by Gasteiger charge is -2.26. The quantitative estimate of drug-likeness (QED) is 0.590. The highest BCUT2D eigenvalue weighted by Crippen LogP contribution is 2.07. The Hall–Kier alpha value is -0.390. The molecule has 0 aromatic carbocycles. The topological polar surface area (TPSA) is 27.7 Å².